The third kappa shape index (κ3) is 3.11. The van der Waals surface area contributed by atoms with Gasteiger partial charge in [-0.25, -0.2) is 4.98 Å². The molecular weight excluding hydrogens is 314 g/mol. The predicted octanol–water partition coefficient (Wildman–Crippen LogP) is 2.51. The molecule has 1 saturated heterocycles. The SMILES string of the molecule is Cc1nc(C2CCN(C(=O)[C@H]3CCc4ccccc43)CC2)cc(=O)[nH]1. The summed E-state index contributed by atoms with van der Waals surface area (Å²) in [6, 6.07) is 9.91. The average Bonchev–Trinajstić information content (AvgIpc) is 3.04. The third-order valence-electron chi connectivity index (χ3n) is 5.54. The van der Waals surface area contributed by atoms with Gasteiger partial charge in [0.15, 0.2) is 0 Å². The summed E-state index contributed by atoms with van der Waals surface area (Å²) in [5.74, 6) is 1.20. The van der Waals surface area contributed by atoms with E-state index in [1.807, 2.05) is 17.0 Å². The van der Waals surface area contributed by atoms with Crippen LogP contribution in [0.25, 0.3) is 0 Å². The first kappa shape index (κ1) is 16.1. The normalized spacial score (nSPS) is 20.5. The summed E-state index contributed by atoms with van der Waals surface area (Å²) in [5.41, 5.74) is 3.29. The first-order valence-electron chi connectivity index (χ1n) is 9.06. The maximum Gasteiger partial charge on any atom is 0.251 e. The maximum absolute atomic E-state index is 13.0. The molecule has 1 aromatic heterocycles. The molecule has 1 aliphatic heterocycles. The quantitative estimate of drug-likeness (QED) is 0.916. The molecule has 0 saturated carbocycles. The van der Waals surface area contributed by atoms with Gasteiger partial charge in [-0.1, -0.05) is 24.3 Å². The maximum atomic E-state index is 13.0. The Bertz CT molecular complexity index is 850. The van der Waals surface area contributed by atoms with Gasteiger partial charge in [0.05, 0.1) is 11.6 Å². The molecule has 1 aliphatic carbocycles. The first-order valence-corrected chi connectivity index (χ1v) is 9.06. The summed E-state index contributed by atoms with van der Waals surface area (Å²) in [5, 5.41) is 0. The van der Waals surface area contributed by atoms with Crippen molar-refractivity contribution in [3.05, 3.63) is 63.3 Å². The van der Waals surface area contributed by atoms with Crippen molar-refractivity contribution in [3.8, 4) is 0 Å². The van der Waals surface area contributed by atoms with E-state index in [1.54, 1.807) is 13.0 Å². The number of likely N-dealkylation sites (tertiary alicyclic amines) is 1. The van der Waals surface area contributed by atoms with Crippen LogP contribution in [0.3, 0.4) is 0 Å². The van der Waals surface area contributed by atoms with E-state index in [-0.39, 0.29) is 23.3 Å². The zero-order chi connectivity index (χ0) is 17.4. The van der Waals surface area contributed by atoms with Crippen LogP contribution in [0.2, 0.25) is 0 Å². The highest BCUT2D eigenvalue weighted by Crippen LogP contribution is 2.35. The number of piperidine rings is 1. The molecule has 130 valence electrons. The molecular formula is C20H23N3O2. The van der Waals surface area contributed by atoms with Crippen LogP contribution in [-0.4, -0.2) is 33.9 Å². The van der Waals surface area contributed by atoms with Gasteiger partial charge in [0.1, 0.15) is 5.82 Å². The largest absolute Gasteiger partial charge is 0.342 e. The van der Waals surface area contributed by atoms with Crippen molar-refractivity contribution in [3.63, 3.8) is 0 Å². The van der Waals surface area contributed by atoms with E-state index < -0.39 is 0 Å². The van der Waals surface area contributed by atoms with E-state index in [0.717, 1.165) is 44.5 Å². The predicted molar refractivity (Wildman–Crippen MR) is 95.7 cm³/mol. The van der Waals surface area contributed by atoms with Gasteiger partial charge < -0.3 is 9.88 Å². The number of amides is 1. The Morgan fingerprint density at radius 2 is 1.96 bits per heavy atom. The number of hydrogen-bond donors (Lipinski definition) is 1. The Balaban J connectivity index is 1.44. The average molecular weight is 337 g/mol. The number of nitrogens with one attached hydrogen (secondary N) is 1. The number of aryl methyl sites for hydroxylation is 2. The van der Waals surface area contributed by atoms with E-state index in [1.165, 1.54) is 11.1 Å². The lowest BCUT2D eigenvalue weighted by Crippen LogP contribution is -2.40. The van der Waals surface area contributed by atoms with Crippen LogP contribution >= 0.6 is 0 Å². The standard InChI is InChI=1S/C20H23N3O2/c1-13-21-18(12-19(24)22-13)15-8-10-23(11-9-15)20(25)17-7-6-14-4-2-3-5-16(14)17/h2-5,12,15,17H,6-11H2,1H3,(H,21,22,24)/t17-/m0/s1. The number of H-pyrrole nitrogens is 1. The number of aromatic amines is 1. The van der Waals surface area contributed by atoms with Crippen molar-refractivity contribution in [1.29, 1.82) is 0 Å². The van der Waals surface area contributed by atoms with Crippen LogP contribution in [0.4, 0.5) is 0 Å². The molecule has 1 aromatic carbocycles. The molecule has 2 heterocycles. The van der Waals surface area contributed by atoms with Crippen molar-refractivity contribution in [2.24, 2.45) is 0 Å². The minimum absolute atomic E-state index is 0.0210. The smallest absolute Gasteiger partial charge is 0.251 e. The molecule has 25 heavy (non-hydrogen) atoms. The molecule has 1 amide bonds. The van der Waals surface area contributed by atoms with Crippen molar-refractivity contribution in [1.82, 2.24) is 14.9 Å². The van der Waals surface area contributed by atoms with Gasteiger partial charge in [-0.2, -0.15) is 0 Å². The lowest BCUT2D eigenvalue weighted by molar-refractivity contribution is -0.133. The van der Waals surface area contributed by atoms with Gasteiger partial charge in [-0.05, 0) is 43.7 Å². The summed E-state index contributed by atoms with van der Waals surface area (Å²) in [7, 11) is 0. The van der Waals surface area contributed by atoms with Gasteiger partial charge in [0.2, 0.25) is 5.91 Å². The number of nitrogens with zero attached hydrogens (tertiary/aromatic N) is 2. The zero-order valence-corrected chi connectivity index (χ0v) is 14.5. The Morgan fingerprint density at radius 1 is 1.20 bits per heavy atom. The van der Waals surface area contributed by atoms with Crippen molar-refractivity contribution in [2.75, 3.05) is 13.1 Å². The van der Waals surface area contributed by atoms with Crippen LogP contribution in [0.1, 0.15) is 53.7 Å². The number of aromatic nitrogens is 2. The van der Waals surface area contributed by atoms with Crippen LogP contribution in [0, 0.1) is 6.92 Å². The molecule has 0 radical (unpaired) electrons. The topological polar surface area (TPSA) is 66.1 Å². The fourth-order valence-corrected chi connectivity index (χ4v) is 4.24. The summed E-state index contributed by atoms with van der Waals surface area (Å²) < 4.78 is 0. The van der Waals surface area contributed by atoms with E-state index in [4.69, 9.17) is 0 Å². The van der Waals surface area contributed by atoms with Crippen LogP contribution < -0.4 is 5.56 Å². The van der Waals surface area contributed by atoms with Crippen molar-refractivity contribution < 1.29 is 4.79 Å². The molecule has 5 nitrogen and oxygen atoms in total. The zero-order valence-electron chi connectivity index (χ0n) is 14.5. The second-order valence-electron chi connectivity index (χ2n) is 7.15. The van der Waals surface area contributed by atoms with E-state index in [2.05, 4.69) is 22.1 Å². The highest BCUT2D eigenvalue weighted by atomic mass is 16.2. The monoisotopic (exact) mass is 337 g/mol. The van der Waals surface area contributed by atoms with Gasteiger partial charge in [-0.3, -0.25) is 9.59 Å². The number of carbonyl (C=O) groups is 1. The second-order valence-corrected chi connectivity index (χ2v) is 7.15. The molecule has 4 rings (SSSR count). The molecule has 5 heteroatoms. The summed E-state index contributed by atoms with van der Waals surface area (Å²) in [4.78, 5) is 33.8. The number of fused-ring (bicyclic) bond motifs is 1. The summed E-state index contributed by atoms with van der Waals surface area (Å²) >= 11 is 0. The Kier molecular flexibility index (Phi) is 4.15. The molecule has 0 unspecified atom stereocenters. The van der Waals surface area contributed by atoms with E-state index in [9.17, 15) is 9.59 Å². The number of benzene rings is 1. The molecule has 1 atom stereocenters. The van der Waals surface area contributed by atoms with Crippen LogP contribution in [-0.2, 0) is 11.2 Å². The van der Waals surface area contributed by atoms with Crippen molar-refractivity contribution in [2.45, 2.75) is 44.4 Å². The third-order valence-corrected chi connectivity index (χ3v) is 5.54. The first-order chi connectivity index (χ1) is 12.1. The van der Waals surface area contributed by atoms with E-state index >= 15 is 0 Å². The number of rotatable bonds is 2. The second kappa shape index (κ2) is 6.47. The molecule has 0 bridgehead atoms. The lowest BCUT2D eigenvalue weighted by Gasteiger charge is -2.33. The van der Waals surface area contributed by atoms with Gasteiger partial charge >= 0.3 is 0 Å². The minimum Gasteiger partial charge on any atom is -0.342 e. The molecule has 1 N–H and O–H groups in total. The Hall–Kier alpha value is -2.43. The number of hydrogen-bond acceptors (Lipinski definition) is 3. The number of carbonyl (C=O) groups excluding carboxylic acids is 1. The fraction of sp³-hybridized carbons (Fsp3) is 0.450. The van der Waals surface area contributed by atoms with E-state index in [0.29, 0.717) is 5.82 Å². The highest BCUT2D eigenvalue weighted by Gasteiger charge is 2.33. The Labute approximate surface area is 147 Å². The van der Waals surface area contributed by atoms with Gasteiger partial charge in [0, 0.05) is 25.1 Å². The molecule has 2 aliphatic rings. The van der Waals surface area contributed by atoms with Gasteiger partial charge in [0.25, 0.3) is 5.56 Å². The van der Waals surface area contributed by atoms with Crippen LogP contribution in [0.15, 0.2) is 35.1 Å². The van der Waals surface area contributed by atoms with Gasteiger partial charge in [-0.15, -0.1) is 0 Å². The van der Waals surface area contributed by atoms with Crippen LogP contribution in [0.5, 0.6) is 0 Å². The molecule has 0 spiro atoms. The highest BCUT2D eigenvalue weighted by molar-refractivity contribution is 5.85. The molecule has 2 aromatic rings. The van der Waals surface area contributed by atoms with Crippen molar-refractivity contribution >= 4 is 5.91 Å². The fourth-order valence-electron chi connectivity index (χ4n) is 4.24. The lowest BCUT2D eigenvalue weighted by atomic mass is 9.91. The summed E-state index contributed by atoms with van der Waals surface area (Å²) in [6.45, 7) is 3.30. The minimum atomic E-state index is -0.0939. The summed E-state index contributed by atoms with van der Waals surface area (Å²) in [6.07, 6.45) is 3.66. The molecule has 1 fully saturated rings. The Morgan fingerprint density at radius 3 is 2.72 bits per heavy atom.